The Morgan fingerprint density at radius 1 is 1.10 bits per heavy atom. The average molecular weight is 371 g/mol. The third kappa shape index (κ3) is 3.53. The molecule has 0 aliphatic rings. The van der Waals surface area contributed by atoms with E-state index in [1.54, 1.807) is 0 Å². The third-order valence-corrected chi connectivity index (χ3v) is 3.63. The molecule has 2 rings (SSSR count). The van der Waals surface area contributed by atoms with Crippen LogP contribution in [0.1, 0.15) is 20.7 Å². The van der Waals surface area contributed by atoms with Crippen LogP contribution in [-0.2, 0) is 0 Å². The molecule has 0 heterocycles. The molecule has 3 N–H and O–H groups in total. The number of halogens is 2. The Morgan fingerprint density at radius 3 is 2.33 bits per heavy atom. The lowest BCUT2D eigenvalue weighted by atomic mass is 10.1. The molecular weight excluding hydrogens is 362 g/mol. The van der Waals surface area contributed by atoms with Gasteiger partial charge in [-0.15, -0.1) is 0 Å². The Balaban J connectivity index is 2.23. The topological polar surface area (TPSA) is 86.6 Å². The molecular formula is C14H9BrClNO4. The number of aromatic carboxylic acids is 1. The number of carboxylic acid groups (broad SMARTS) is 1. The summed E-state index contributed by atoms with van der Waals surface area (Å²) in [7, 11) is 0. The molecule has 0 aromatic heterocycles. The summed E-state index contributed by atoms with van der Waals surface area (Å²) in [5, 5.41) is 20.9. The van der Waals surface area contributed by atoms with Gasteiger partial charge in [-0.2, -0.15) is 0 Å². The minimum Gasteiger partial charge on any atom is -0.506 e. The maximum absolute atomic E-state index is 12.1. The lowest BCUT2D eigenvalue weighted by Crippen LogP contribution is -2.12. The number of rotatable bonds is 3. The van der Waals surface area contributed by atoms with Crippen LogP contribution in [0.15, 0.2) is 40.9 Å². The van der Waals surface area contributed by atoms with Crippen LogP contribution in [0.4, 0.5) is 5.69 Å². The lowest BCUT2D eigenvalue weighted by Gasteiger charge is -2.09. The SMILES string of the molecule is O=C(O)c1ccc(NC(=O)c2ccc(O)c(Cl)c2)c(Br)c1. The molecule has 0 fully saturated rings. The first-order valence-corrected chi connectivity index (χ1v) is 6.88. The zero-order chi connectivity index (χ0) is 15.6. The molecule has 5 nitrogen and oxygen atoms in total. The van der Waals surface area contributed by atoms with Crippen molar-refractivity contribution in [3.63, 3.8) is 0 Å². The smallest absolute Gasteiger partial charge is 0.335 e. The Hall–Kier alpha value is -2.05. The van der Waals surface area contributed by atoms with Crippen LogP contribution in [-0.4, -0.2) is 22.1 Å². The van der Waals surface area contributed by atoms with Gasteiger partial charge in [0.05, 0.1) is 16.3 Å². The standard InChI is InChI=1S/C14H9BrClNO4/c15-9-5-8(14(20)21)1-3-11(9)17-13(19)7-2-4-12(18)10(16)6-7/h1-6,18H,(H,17,19)(H,20,21). The molecule has 0 spiro atoms. The molecule has 0 atom stereocenters. The number of carbonyl (C=O) groups excluding carboxylic acids is 1. The van der Waals surface area contributed by atoms with E-state index in [1.165, 1.54) is 36.4 Å². The fourth-order valence-electron chi connectivity index (χ4n) is 1.59. The van der Waals surface area contributed by atoms with Crippen molar-refractivity contribution in [3.05, 3.63) is 57.0 Å². The molecule has 0 unspecified atom stereocenters. The Bertz CT molecular complexity index is 733. The molecule has 0 saturated heterocycles. The number of carboxylic acids is 1. The van der Waals surface area contributed by atoms with Crippen molar-refractivity contribution in [1.29, 1.82) is 0 Å². The summed E-state index contributed by atoms with van der Waals surface area (Å²) in [5.41, 5.74) is 0.800. The fraction of sp³-hybridized carbons (Fsp3) is 0. The van der Waals surface area contributed by atoms with Crippen LogP contribution in [0.2, 0.25) is 5.02 Å². The predicted octanol–water partition coefficient (Wildman–Crippen LogP) is 3.76. The lowest BCUT2D eigenvalue weighted by molar-refractivity contribution is 0.0696. The van der Waals surface area contributed by atoms with Crippen LogP contribution < -0.4 is 5.32 Å². The van der Waals surface area contributed by atoms with Gasteiger partial charge in [-0.1, -0.05) is 11.6 Å². The molecule has 1 amide bonds. The van der Waals surface area contributed by atoms with Gasteiger partial charge in [-0.25, -0.2) is 4.79 Å². The second-order valence-corrected chi connectivity index (χ2v) is 5.38. The van der Waals surface area contributed by atoms with E-state index in [0.717, 1.165) is 0 Å². The van der Waals surface area contributed by atoms with Crippen molar-refractivity contribution in [3.8, 4) is 5.75 Å². The quantitative estimate of drug-likeness (QED) is 0.768. The van der Waals surface area contributed by atoms with Gasteiger partial charge < -0.3 is 15.5 Å². The molecule has 2 aromatic rings. The highest BCUT2D eigenvalue weighted by Crippen LogP contribution is 2.26. The van der Waals surface area contributed by atoms with E-state index >= 15 is 0 Å². The second-order valence-electron chi connectivity index (χ2n) is 4.12. The molecule has 0 bridgehead atoms. The minimum absolute atomic E-state index is 0.0722. The van der Waals surface area contributed by atoms with Crippen molar-refractivity contribution in [2.24, 2.45) is 0 Å². The number of nitrogens with one attached hydrogen (secondary N) is 1. The molecule has 0 aliphatic heterocycles. The first-order valence-electron chi connectivity index (χ1n) is 5.71. The van der Waals surface area contributed by atoms with Crippen molar-refractivity contribution >= 4 is 45.1 Å². The molecule has 0 aliphatic carbocycles. The van der Waals surface area contributed by atoms with E-state index < -0.39 is 11.9 Å². The highest BCUT2D eigenvalue weighted by atomic mass is 79.9. The second kappa shape index (κ2) is 6.15. The van der Waals surface area contributed by atoms with Crippen LogP contribution in [0.5, 0.6) is 5.75 Å². The Labute approximate surface area is 133 Å². The van der Waals surface area contributed by atoms with Gasteiger partial charge in [-0.05, 0) is 52.3 Å². The van der Waals surface area contributed by atoms with Crippen molar-refractivity contribution in [2.45, 2.75) is 0 Å². The third-order valence-electron chi connectivity index (χ3n) is 2.67. The van der Waals surface area contributed by atoms with Gasteiger partial charge in [0.2, 0.25) is 0 Å². The molecule has 21 heavy (non-hydrogen) atoms. The number of hydrogen-bond acceptors (Lipinski definition) is 3. The molecule has 108 valence electrons. The van der Waals surface area contributed by atoms with Crippen molar-refractivity contribution in [2.75, 3.05) is 5.32 Å². The summed E-state index contributed by atoms with van der Waals surface area (Å²) in [6, 6.07) is 8.34. The Morgan fingerprint density at radius 2 is 1.76 bits per heavy atom. The molecule has 2 aromatic carbocycles. The summed E-state index contributed by atoms with van der Waals surface area (Å²) >= 11 is 8.94. The fourth-order valence-corrected chi connectivity index (χ4v) is 2.25. The van der Waals surface area contributed by atoms with Gasteiger partial charge in [0.1, 0.15) is 5.75 Å². The number of benzene rings is 2. The molecule has 0 radical (unpaired) electrons. The summed E-state index contributed by atoms with van der Waals surface area (Å²) in [4.78, 5) is 22.9. The zero-order valence-electron chi connectivity index (χ0n) is 10.4. The number of carbonyl (C=O) groups is 2. The number of phenolic OH excluding ortho intramolecular Hbond substituents is 1. The van der Waals surface area contributed by atoms with E-state index in [1.807, 2.05) is 0 Å². The first kappa shape index (κ1) is 15.3. The summed E-state index contributed by atoms with van der Waals surface area (Å²) in [6.07, 6.45) is 0. The number of phenols is 1. The largest absolute Gasteiger partial charge is 0.506 e. The average Bonchev–Trinajstić information content (AvgIpc) is 2.43. The monoisotopic (exact) mass is 369 g/mol. The van der Waals surface area contributed by atoms with E-state index in [2.05, 4.69) is 21.2 Å². The number of anilines is 1. The van der Waals surface area contributed by atoms with Gasteiger partial charge >= 0.3 is 5.97 Å². The van der Waals surface area contributed by atoms with Crippen molar-refractivity contribution < 1.29 is 19.8 Å². The Kier molecular flexibility index (Phi) is 4.50. The summed E-state index contributed by atoms with van der Waals surface area (Å²) in [5.74, 6) is -1.60. The van der Waals surface area contributed by atoms with Crippen molar-refractivity contribution in [1.82, 2.24) is 0 Å². The minimum atomic E-state index is -1.06. The maximum Gasteiger partial charge on any atom is 0.335 e. The maximum atomic E-state index is 12.1. The van der Waals surface area contributed by atoms with E-state index in [-0.39, 0.29) is 21.9 Å². The zero-order valence-corrected chi connectivity index (χ0v) is 12.8. The van der Waals surface area contributed by atoms with Crippen LogP contribution in [0.3, 0.4) is 0 Å². The number of hydrogen-bond donors (Lipinski definition) is 3. The van der Waals surface area contributed by atoms with Crippen LogP contribution in [0.25, 0.3) is 0 Å². The van der Waals surface area contributed by atoms with E-state index in [4.69, 9.17) is 16.7 Å². The van der Waals surface area contributed by atoms with E-state index in [9.17, 15) is 14.7 Å². The first-order chi connectivity index (χ1) is 9.88. The van der Waals surface area contributed by atoms with Gasteiger partial charge in [0.25, 0.3) is 5.91 Å². The van der Waals surface area contributed by atoms with Gasteiger partial charge in [0, 0.05) is 10.0 Å². The highest BCUT2D eigenvalue weighted by molar-refractivity contribution is 9.10. The van der Waals surface area contributed by atoms with Gasteiger partial charge in [0.15, 0.2) is 0 Å². The summed E-state index contributed by atoms with van der Waals surface area (Å²) < 4.78 is 0.445. The van der Waals surface area contributed by atoms with Gasteiger partial charge in [-0.3, -0.25) is 4.79 Å². The normalized spacial score (nSPS) is 10.2. The number of amides is 1. The van der Waals surface area contributed by atoms with Crippen LogP contribution >= 0.6 is 27.5 Å². The van der Waals surface area contributed by atoms with E-state index in [0.29, 0.717) is 10.2 Å². The highest BCUT2D eigenvalue weighted by Gasteiger charge is 2.12. The van der Waals surface area contributed by atoms with Crippen LogP contribution in [0, 0.1) is 0 Å². The number of aromatic hydroxyl groups is 1. The summed E-state index contributed by atoms with van der Waals surface area (Å²) in [6.45, 7) is 0. The molecule has 7 heteroatoms. The molecule has 0 saturated carbocycles. The predicted molar refractivity (Wildman–Crippen MR) is 82.2 cm³/mol.